The Labute approximate surface area is 312 Å². The lowest BCUT2D eigenvalue weighted by atomic mass is 9.73. The molecule has 0 radical (unpaired) electrons. The van der Waals surface area contributed by atoms with Gasteiger partial charge in [-0.05, 0) is 77.6 Å². The number of nitrogens with one attached hydrogen (secondary N) is 2. The molecule has 1 aliphatic carbocycles. The van der Waals surface area contributed by atoms with E-state index in [2.05, 4.69) is 42.3 Å². The lowest BCUT2D eigenvalue weighted by Gasteiger charge is -2.36. The summed E-state index contributed by atoms with van der Waals surface area (Å²) < 4.78 is 13.3. The summed E-state index contributed by atoms with van der Waals surface area (Å²) in [6.07, 6.45) is 15.0. The molecule has 5 heterocycles. The zero-order valence-electron chi connectivity index (χ0n) is 30.7. The number of aliphatic imine (C=N–C) groups is 1. The van der Waals surface area contributed by atoms with Crippen molar-refractivity contribution in [2.75, 3.05) is 13.1 Å². The number of Topliss-reactive ketones (excluding diaryl/α,β-unsaturated/α-hetero) is 1. The standard InChI is InChI=1S/C44H50N4O5/c1-2-3-4-7-30(49)24-31(50)10-8-28-9-15-40-41(22-28)53-43-37(44(19-21-52-40)17-5-6-18-44)13-14-39(51)33-11-12-34-32(16-20-46-42(34)45)35(33)23-29-25-47-38-27-48(43)26-36(29)38/h9,11-12,15,22,25-26,30,37,39,42-43,46,49,51H,2-8,10,16-18,20,23-24,27,45H2,1H3/p+1. The van der Waals surface area contributed by atoms with Crippen LogP contribution < -0.4 is 25.4 Å². The Morgan fingerprint density at radius 2 is 1.98 bits per heavy atom. The third-order valence-electron chi connectivity index (χ3n) is 12.1. The fourth-order valence-electron chi connectivity index (χ4n) is 9.20. The van der Waals surface area contributed by atoms with Crippen LogP contribution in [0.1, 0.15) is 111 Å². The SMILES string of the molecule is CCCCCC(O)CC(=O)CCc1ccc2c(c1)OC1C(C#CC(O)c3ccc4c(c3CC3=CN=C5C[NH+]1C=C35)CCNC4N)C1(C#CO2)CCCC1. The zero-order chi connectivity index (χ0) is 36.5. The third kappa shape index (κ3) is 7.22. The first-order valence-corrected chi connectivity index (χ1v) is 19.7. The Hall–Kier alpha value is -4.22. The summed E-state index contributed by atoms with van der Waals surface area (Å²) in [5.74, 6) is 11.3. The van der Waals surface area contributed by atoms with E-state index in [4.69, 9.17) is 20.2 Å². The van der Waals surface area contributed by atoms with E-state index in [0.717, 1.165) is 102 Å². The molecule has 9 nitrogen and oxygen atoms in total. The van der Waals surface area contributed by atoms with Crippen LogP contribution in [0.15, 0.2) is 58.9 Å². The summed E-state index contributed by atoms with van der Waals surface area (Å²) in [6, 6.07) is 9.85. The van der Waals surface area contributed by atoms with Gasteiger partial charge in [-0.2, -0.15) is 0 Å². The summed E-state index contributed by atoms with van der Waals surface area (Å²) in [7, 11) is 0. The molecule has 6 atom stereocenters. The van der Waals surface area contributed by atoms with Gasteiger partial charge in [0.1, 0.15) is 42.4 Å². The summed E-state index contributed by atoms with van der Waals surface area (Å²) >= 11 is 0. The number of allylic oxidation sites excluding steroid dienone is 1. The molecule has 1 spiro atoms. The van der Waals surface area contributed by atoms with Gasteiger partial charge in [-0.3, -0.25) is 20.0 Å². The summed E-state index contributed by atoms with van der Waals surface area (Å²) in [5, 5.41) is 25.7. The van der Waals surface area contributed by atoms with Crippen molar-refractivity contribution in [3.63, 3.8) is 0 Å². The number of unbranched alkanes of at least 4 members (excludes halogenated alkanes) is 2. The normalized spacial score (nSPS) is 26.6. The monoisotopic (exact) mass is 715 g/mol. The van der Waals surface area contributed by atoms with Gasteiger partial charge < -0.3 is 25.4 Å². The van der Waals surface area contributed by atoms with Crippen molar-refractivity contribution in [3.05, 3.63) is 81.7 Å². The van der Waals surface area contributed by atoms with Crippen LogP contribution in [0.3, 0.4) is 0 Å². The molecule has 0 amide bonds. The smallest absolute Gasteiger partial charge is 0.252 e. The Balaban J connectivity index is 1.15. The lowest BCUT2D eigenvalue weighted by molar-refractivity contribution is -0.888. The average Bonchev–Trinajstić information content (AvgIpc) is 3.89. The number of carbonyl (C=O) groups is 1. The minimum absolute atomic E-state index is 0.0582. The lowest BCUT2D eigenvalue weighted by Crippen LogP contribution is -3.13. The van der Waals surface area contributed by atoms with Crippen molar-refractivity contribution in [1.29, 1.82) is 0 Å². The highest BCUT2D eigenvalue weighted by Crippen LogP contribution is 2.47. The molecule has 1 fully saturated rings. The molecule has 2 aromatic rings. The fourth-order valence-corrected chi connectivity index (χ4v) is 9.20. The molecule has 5 aliphatic heterocycles. The van der Waals surface area contributed by atoms with Crippen molar-refractivity contribution in [1.82, 2.24) is 5.32 Å². The number of carbonyl (C=O) groups excluding carboxylic acids is 1. The van der Waals surface area contributed by atoms with E-state index in [1.54, 1.807) is 0 Å². The van der Waals surface area contributed by atoms with Crippen LogP contribution in [0.2, 0.25) is 0 Å². The van der Waals surface area contributed by atoms with E-state index in [-0.39, 0.29) is 24.3 Å². The van der Waals surface area contributed by atoms with Crippen LogP contribution in [0.25, 0.3) is 0 Å². The van der Waals surface area contributed by atoms with Gasteiger partial charge in [0.2, 0.25) is 0 Å². The number of rotatable bonds is 9. The molecule has 0 aromatic heterocycles. The zero-order valence-corrected chi connectivity index (χ0v) is 30.7. The highest BCUT2D eigenvalue weighted by atomic mass is 16.5. The van der Waals surface area contributed by atoms with Crippen molar-refractivity contribution in [3.8, 4) is 35.4 Å². The first-order chi connectivity index (χ1) is 25.8. The second-order valence-electron chi connectivity index (χ2n) is 15.7. The number of quaternary nitrogens is 1. The molecule has 9 heteroatoms. The highest BCUT2D eigenvalue weighted by Gasteiger charge is 2.51. The minimum atomic E-state index is -1.00. The molecule has 0 saturated heterocycles. The van der Waals surface area contributed by atoms with E-state index in [1.807, 2.05) is 36.5 Å². The fraction of sp³-hybridized carbons (Fsp3) is 0.500. The number of fused-ring (bicyclic) bond motifs is 8. The van der Waals surface area contributed by atoms with Gasteiger partial charge in [-0.1, -0.05) is 75.0 Å². The first kappa shape index (κ1) is 35.8. The van der Waals surface area contributed by atoms with E-state index in [1.165, 1.54) is 5.56 Å². The molecule has 53 heavy (non-hydrogen) atoms. The number of benzene rings is 2. The van der Waals surface area contributed by atoms with Crippen molar-refractivity contribution in [2.24, 2.45) is 22.1 Å². The molecular weight excluding hydrogens is 665 g/mol. The molecular formula is C44H51N4O5+. The largest absolute Gasteiger partial charge is 0.437 e. The van der Waals surface area contributed by atoms with Gasteiger partial charge in [-0.25, -0.2) is 0 Å². The maximum Gasteiger partial charge on any atom is 0.252 e. The summed E-state index contributed by atoms with van der Waals surface area (Å²) in [4.78, 5) is 18.9. The number of ketones is 1. The van der Waals surface area contributed by atoms with Crippen LogP contribution in [-0.4, -0.2) is 47.1 Å². The predicted octanol–water partition coefficient (Wildman–Crippen LogP) is 4.27. The Bertz CT molecular complexity index is 1990. The number of nitrogens with zero attached hydrogens (tertiary/aromatic N) is 1. The predicted molar refractivity (Wildman–Crippen MR) is 203 cm³/mol. The van der Waals surface area contributed by atoms with E-state index in [0.29, 0.717) is 43.7 Å². The second-order valence-corrected chi connectivity index (χ2v) is 15.7. The van der Waals surface area contributed by atoms with Crippen LogP contribution in [0, 0.1) is 35.2 Å². The molecule has 6 unspecified atom stereocenters. The third-order valence-corrected chi connectivity index (χ3v) is 12.1. The number of ether oxygens (including phenoxy) is 2. The number of aliphatic hydroxyl groups excluding tert-OH is 2. The minimum Gasteiger partial charge on any atom is -0.437 e. The maximum atomic E-state index is 12.8. The summed E-state index contributed by atoms with van der Waals surface area (Å²) in [5.41, 5.74) is 14.4. The van der Waals surface area contributed by atoms with Gasteiger partial charge in [0.15, 0.2) is 11.5 Å². The van der Waals surface area contributed by atoms with Gasteiger partial charge >= 0.3 is 0 Å². The maximum absolute atomic E-state index is 12.8. The molecule has 276 valence electrons. The van der Waals surface area contributed by atoms with E-state index in [9.17, 15) is 15.0 Å². The Morgan fingerprint density at radius 3 is 2.83 bits per heavy atom. The van der Waals surface area contributed by atoms with Crippen LogP contribution >= 0.6 is 0 Å². The Morgan fingerprint density at radius 1 is 1.13 bits per heavy atom. The van der Waals surface area contributed by atoms with Crippen molar-refractivity contribution >= 4 is 11.5 Å². The molecule has 1 saturated carbocycles. The quantitative estimate of drug-likeness (QED) is 0.194. The van der Waals surface area contributed by atoms with Crippen LogP contribution in [0.5, 0.6) is 11.5 Å². The van der Waals surface area contributed by atoms with E-state index < -0.39 is 23.9 Å². The van der Waals surface area contributed by atoms with Crippen LogP contribution in [0.4, 0.5) is 0 Å². The molecule has 6 aliphatic rings. The molecule has 6 N–H and O–H groups in total. The molecule has 2 aromatic carbocycles. The van der Waals surface area contributed by atoms with Gasteiger partial charge in [-0.15, -0.1) is 0 Å². The molecule has 2 bridgehead atoms. The van der Waals surface area contributed by atoms with Gasteiger partial charge in [0.05, 0.1) is 23.3 Å². The average molecular weight is 716 g/mol. The highest BCUT2D eigenvalue weighted by molar-refractivity contribution is 6.08. The summed E-state index contributed by atoms with van der Waals surface area (Å²) in [6.45, 7) is 3.55. The number of aliphatic hydroxyl groups is 2. The molecule has 8 rings (SSSR count). The van der Waals surface area contributed by atoms with E-state index >= 15 is 0 Å². The topological polar surface area (TPSA) is 131 Å². The Kier molecular flexibility index (Phi) is 10.3. The van der Waals surface area contributed by atoms with Crippen LogP contribution in [-0.2, 0) is 24.1 Å². The number of aryl methyl sites for hydroxylation is 1. The van der Waals surface area contributed by atoms with Crippen molar-refractivity contribution < 1.29 is 29.4 Å². The first-order valence-electron chi connectivity index (χ1n) is 19.7. The van der Waals surface area contributed by atoms with Crippen molar-refractivity contribution in [2.45, 2.75) is 115 Å². The van der Waals surface area contributed by atoms with Gasteiger partial charge in [0, 0.05) is 32.0 Å². The number of nitrogens with two attached hydrogens (primary N) is 1. The number of hydrogen-bond acceptors (Lipinski definition) is 8. The number of hydrogen-bond donors (Lipinski definition) is 5. The second kappa shape index (κ2) is 15.3. The van der Waals surface area contributed by atoms with Gasteiger partial charge in [0.25, 0.3) is 6.23 Å².